The highest BCUT2D eigenvalue weighted by molar-refractivity contribution is 5.92. The van der Waals surface area contributed by atoms with Crippen LogP contribution in [-0.2, 0) is 14.3 Å². The van der Waals surface area contributed by atoms with Gasteiger partial charge in [-0.15, -0.1) is 0 Å². The van der Waals surface area contributed by atoms with Crippen LogP contribution in [0.1, 0.15) is 35.7 Å². The molecule has 2 rings (SSSR count). The Morgan fingerprint density at radius 2 is 1.64 bits per heavy atom. The van der Waals surface area contributed by atoms with Crippen LogP contribution in [0.5, 0.6) is 5.75 Å². The predicted octanol–water partition coefficient (Wildman–Crippen LogP) is 2.02. The summed E-state index contributed by atoms with van der Waals surface area (Å²) in [6.45, 7) is 3.72. The van der Waals surface area contributed by atoms with Crippen molar-refractivity contribution < 1.29 is 23.9 Å². The van der Waals surface area contributed by atoms with Gasteiger partial charge < -0.3 is 20.5 Å². The lowest BCUT2D eigenvalue weighted by Gasteiger charge is -2.16. The number of nitrogens with one attached hydrogen (secondary N) is 1. The molecule has 2 atom stereocenters. The minimum absolute atomic E-state index is 0.140. The molecule has 0 unspecified atom stereocenters. The second-order valence-corrected chi connectivity index (χ2v) is 6.38. The van der Waals surface area contributed by atoms with Crippen molar-refractivity contribution in [2.45, 2.75) is 25.9 Å². The van der Waals surface area contributed by atoms with E-state index in [1.54, 1.807) is 0 Å². The zero-order valence-electron chi connectivity index (χ0n) is 15.9. The summed E-state index contributed by atoms with van der Waals surface area (Å²) in [7, 11) is 0. The summed E-state index contributed by atoms with van der Waals surface area (Å²) in [5, 5.41) is 2.79. The van der Waals surface area contributed by atoms with E-state index in [1.165, 1.54) is 31.2 Å². The van der Waals surface area contributed by atoms with Crippen molar-refractivity contribution in [1.82, 2.24) is 5.32 Å². The predicted molar refractivity (Wildman–Crippen MR) is 104 cm³/mol. The monoisotopic (exact) mass is 384 g/mol. The molecule has 3 N–H and O–H groups in total. The van der Waals surface area contributed by atoms with Gasteiger partial charge in [0, 0.05) is 6.54 Å². The first-order chi connectivity index (χ1) is 13.4. The molecule has 0 aromatic heterocycles. The molecule has 7 nitrogen and oxygen atoms in total. The van der Waals surface area contributed by atoms with Crippen LogP contribution in [0.4, 0.5) is 0 Å². The van der Waals surface area contributed by atoms with Gasteiger partial charge in [-0.25, -0.2) is 4.79 Å². The Balaban J connectivity index is 1.82. The molecule has 0 aliphatic carbocycles. The van der Waals surface area contributed by atoms with Crippen LogP contribution in [0, 0.1) is 0 Å². The van der Waals surface area contributed by atoms with E-state index in [4.69, 9.17) is 15.2 Å². The number of amides is 2. The normalized spacial score (nSPS) is 12.5. The lowest BCUT2D eigenvalue weighted by Crippen LogP contribution is -2.37. The third kappa shape index (κ3) is 6.42. The van der Waals surface area contributed by atoms with Crippen LogP contribution in [0.15, 0.2) is 54.6 Å². The van der Waals surface area contributed by atoms with E-state index < -0.39 is 18.0 Å². The zero-order valence-corrected chi connectivity index (χ0v) is 15.9. The quantitative estimate of drug-likeness (QED) is 0.643. The SMILES string of the molecule is C[C@H](OC(=O)c1ccc(OCC(N)=O)cc1)C(=O)NC[C@@H](C)c1ccccc1. The lowest BCUT2D eigenvalue weighted by molar-refractivity contribution is -0.129. The van der Waals surface area contributed by atoms with Crippen molar-refractivity contribution in [2.75, 3.05) is 13.2 Å². The molecule has 0 heterocycles. The number of hydrogen-bond donors (Lipinski definition) is 2. The molecule has 0 saturated carbocycles. The molecule has 0 fully saturated rings. The molecule has 2 aromatic carbocycles. The maximum atomic E-state index is 12.2. The van der Waals surface area contributed by atoms with Crippen molar-refractivity contribution in [3.8, 4) is 5.75 Å². The smallest absolute Gasteiger partial charge is 0.338 e. The summed E-state index contributed by atoms with van der Waals surface area (Å²) < 4.78 is 10.3. The first-order valence-corrected chi connectivity index (χ1v) is 8.91. The molecule has 7 heteroatoms. The van der Waals surface area contributed by atoms with Crippen molar-refractivity contribution in [1.29, 1.82) is 0 Å². The second-order valence-electron chi connectivity index (χ2n) is 6.38. The summed E-state index contributed by atoms with van der Waals surface area (Å²) in [6.07, 6.45) is -0.929. The van der Waals surface area contributed by atoms with Gasteiger partial charge in [0.05, 0.1) is 5.56 Å². The Morgan fingerprint density at radius 3 is 2.25 bits per heavy atom. The number of carbonyl (C=O) groups is 3. The zero-order chi connectivity index (χ0) is 20.5. The molecule has 0 bridgehead atoms. The van der Waals surface area contributed by atoms with Gasteiger partial charge in [0.15, 0.2) is 12.7 Å². The number of esters is 1. The Labute approximate surface area is 163 Å². The first-order valence-electron chi connectivity index (χ1n) is 8.91. The highest BCUT2D eigenvalue weighted by Gasteiger charge is 2.19. The highest BCUT2D eigenvalue weighted by atomic mass is 16.5. The maximum Gasteiger partial charge on any atom is 0.338 e. The largest absolute Gasteiger partial charge is 0.484 e. The lowest BCUT2D eigenvalue weighted by atomic mass is 10.0. The molecular weight excluding hydrogens is 360 g/mol. The highest BCUT2D eigenvalue weighted by Crippen LogP contribution is 2.15. The minimum atomic E-state index is -0.929. The second kappa shape index (κ2) is 10.1. The summed E-state index contributed by atoms with van der Waals surface area (Å²) in [5.74, 6) is -1.04. The molecule has 148 valence electrons. The summed E-state index contributed by atoms with van der Waals surface area (Å²) in [4.78, 5) is 35.1. The van der Waals surface area contributed by atoms with Crippen LogP contribution in [0.3, 0.4) is 0 Å². The van der Waals surface area contributed by atoms with E-state index in [2.05, 4.69) is 5.32 Å². The van der Waals surface area contributed by atoms with Crippen LogP contribution in [0.25, 0.3) is 0 Å². The van der Waals surface area contributed by atoms with Gasteiger partial charge in [-0.3, -0.25) is 9.59 Å². The maximum absolute atomic E-state index is 12.2. The molecule has 2 aromatic rings. The first kappa shape index (κ1) is 21.0. The molecule has 0 radical (unpaired) electrons. The van der Waals surface area contributed by atoms with Gasteiger partial charge in [-0.2, -0.15) is 0 Å². The average molecular weight is 384 g/mol. The number of nitrogens with two attached hydrogens (primary N) is 1. The van der Waals surface area contributed by atoms with E-state index in [0.717, 1.165) is 5.56 Å². The van der Waals surface area contributed by atoms with Crippen molar-refractivity contribution in [3.05, 3.63) is 65.7 Å². The van der Waals surface area contributed by atoms with E-state index in [1.807, 2.05) is 37.3 Å². The number of benzene rings is 2. The Hall–Kier alpha value is -3.35. The minimum Gasteiger partial charge on any atom is -0.484 e. The summed E-state index contributed by atoms with van der Waals surface area (Å²) >= 11 is 0. The van der Waals surface area contributed by atoms with Crippen molar-refractivity contribution in [2.24, 2.45) is 5.73 Å². The number of hydrogen-bond acceptors (Lipinski definition) is 5. The fraction of sp³-hybridized carbons (Fsp3) is 0.286. The van der Waals surface area contributed by atoms with Gasteiger partial charge in [-0.05, 0) is 42.7 Å². The molecule has 0 aliphatic heterocycles. The molecule has 2 amide bonds. The fourth-order valence-corrected chi connectivity index (χ4v) is 2.42. The Kier molecular flexibility index (Phi) is 7.56. The van der Waals surface area contributed by atoms with E-state index in [0.29, 0.717) is 12.3 Å². The molecule has 0 aliphatic rings. The summed E-state index contributed by atoms with van der Waals surface area (Å²) in [6, 6.07) is 15.8. The van der Waals surface area contributed by atoms with Gasteiger partial charge >= 0.3 is 5.97 Å². The van der Waals surface area contributed by atoms with Crippen molar-refractivity contribution >= 4 is 17.8 Å². The van der Waals surface area contributed by atoms with E-state index in [9.17, 15) is 14.4 Å². The van der Waals surface area contributed by atoms with E-state index >= 15 is 0 Å². The molecular formula is C21H24N2O5. The number of carbonyl (C=O) groups excluding carboxylic acids is 3. The van der Waals surface area contributed by atoms with Crippen LogP contribution in [-0.4, -0.2) is 37.0 Å². The number of ether oxygens (including phenoxy) is 2. The Bertz CT molecular complexity index is 805. The van der Waals surface area contributed by atoms with Gasteiger partial charge in [0.25, 0.3) is 11.8 Å². The third-order valence-corrected chi connectivity index (χ3v) is 4.08. The topological polar surface area (TPSA) is 108 Å². The third-order valence-electron chi connectivity index (χ3n) is 4.08. The van der Waals surface area contributed by atoms with Crippen LogP contribution in [0.2, 0.25) is 0 Å². The molecule has 0 spiro atoms. The number of rotatable bonds is 9. The fourth-order valence-electron chi connectivity index (χ4n) is 2.42. The van der Waals surface area contributed by atoms with Gasteiger partial charge in [0.2, 0.25) is 0 Å². The van der Waals surface area contributed by atoms with Crippen LogP contribution >= 0.6 is 0 Å². The van der Waals surface area contributed by atoms with Gasteiger partial charge in [0.1, 0.15) is 5.75 Å². The standard InChI is InChI=1S/C21H24N2O5/c1-14(16-6-4-3-5-7-16)12-23-20(25)15(2)28-21(26)17-8-10-18(11-9-17)27-13-19(22)24/h3-11,14-15H,12-13H2,1-2H3,(H2,22,24)(H,23,25)/t14-,15+/m1/s1. The Morgan fingerprint density at radius 1 is 1.00 bits per heavy atom. The van der Waals surface area contributed by atoms with Crippen LogP contribution < -0.4 is 15.8 Å². The van der Waals surface area contributed by atoms with E-state index in [-0.39, 0.29) is 24.0 Å². The summed E-state index contributed by atoms with van der Waals surface area (Å²) in [5.41, 5.74) is 6.39. The average Bonchev–Trinajstić information content (AvgIpc) is 2.71. The van der Waals surface area contributed by atoms with Gasteiger partial charge in [-0.1, -0.05) is 37.3 Å². The molecule has 0 saturated heterocycles. The molecule has 28 heavy (non-hydrogen) atoms. The van der Waals surface area contributed by atoms with Crippen molar-refractivity contribution in [3.63, 3.8) is 0 Å². The number of primary amides is 1.